The summed E-state index contributed by atoms with van der Waals surface area (Å²) >= 11 is 0. The lowest BCUT2D eigenvalue weighted by Gasteiger charge is -2.10. The Kier molecular flexibility index (Phi) is 5.74. The molecule has 0 fully saturated rings. The standard InChI is InChI=1S/C17H16F3NO4/c1-24-15-8-12(4-7-14(15)22)10-21-16(23)9-11-2-5-13(6-3-11)25-17(18,19)20/h2-8,22H,9-10H2,1H3,(H,21,23). The van der Waals surface area contributed by atoms with E-state index in [1.54, 1.807) is 12.1 Å². The predicted octanol–water partition coefficient (Wildman–Crippen LogP) is 3.16. The fraction of sp³-hybridized carbons (Fsp3) is 0.235. The fourth-order valence-corrected chi connectivity index (χ4v) is 2.09. The maximum Gasteiger partial charge on any atom is 0.573 e. The molecule has 0 aliphatic rings. The quantitative estimate of drug-likeness (QED) is 0.835. The van der Waals surface area contributed by atoms with Crippen LogP contribution in [-0.4, -0.2) is 24.5 Å². The molecule has 2 N–H and O–H groups in total. The van der Waals surface area contributed by atoms with Crippen molar-refractivity contribution in [2.45, 2.75) is 19.3 Å². The summed E-state index contributed by atoms with van der Waals surface area (Å²) in [7, 11) is 1.42. The summed E-state index contributed by atoms with van der Waals surface area (Å²) < 4.78 is 45.0. The van der Waals surface area contributed by atoms with Crippen LogP contribution in [0.25, 0.3) is 0 Å². The van der Waals surface area contributed by atoms with Crippen molar-refractivity contribution < 1.29 is 32.5 Å². The summed E-state index contributed by atoms with van der Waals surface area (Å²) in [5.41, 5.74) is 1.28. The minimum absolute atomic E-state index is 0.00116. The number of rotatable bonds is 6. The largest absolute Gasteiger partial charge is 0.573 e. The molecule has 0 aliphatic carbocycles. The molecule has 2 aromatic rings. The summed E-state index contributed by atoms with van der Waals surface area (Å²) in [5, 5.41) is 12.2. The highest BCUT2D eigenvalue weighted by atomic mass is 19.4. The zero-order valence-electron chi connectivity index (χ0n) is 13.3. The first-order valence-electron chi connectivity index (χ1n) is 7.24. The van der Waals surface area contributed by atoms with E-state index in [0.29, 0.717) is 11.3 Å². The Morgan fingerprint density at radius 1 is 1.12 bits per heavy atom. The second-order valence-electron chi connectivity index (χ2n) is 5.15. The lowest BCUT2D eigenvalue weighted by Crippen LogP contribution is -2.24. The number of alkyl halides is 3. The molecule has 8 heteroatoms. The first kappa shape index (κ1) is 18.4. The number of phenols is 1. The summed E-state index contributed by atoms with van der Waals surface area (Å²) in [6, 6.07) is 9.79. The molecule has 0 spiro atoms. The van der Waals surface area contributed by atoms with Crippen LogP contribution in [0, 0.1) is 0 Å². The molecule has 134 valence electrons. The first-order chi connectivity index (χ1) is 11.8. The van der Waals surface area contributed by atoms with Crippen molar-refractivity contribution in [3.05, 3.63) is 53.6 Å². The molecule has 0 saturated carbocycles. The first-order valence-corrected chi connectivity index (χ1v) is 7.24. The van der Waals surface area contributed by atoms with Gasteiger partial charge in [0, 0.05) is 6.54 Å². The van der Waals surface area contributed by atoms with E-state index in [4.69, 9.17) is 4.74 Å². The third kappa shape index (κ3) is 5.91. The number of phenolic OH excluding ortho intramolecular Hbond substituents is 1. The van der Waals surface area contributed by atoms with Gasteiger partial charge in [-0.3, -0.25) is 4.79 Å². The predicted molar refractivity (Wildman–Crippen MR) is 83.3 cm³/mol. The van der Waals surface area contributed by atoms with Crippen molar-refractivity contribution in [2.75, 3.05) is 7.11 Å². The van der Waals surface area contributed by atoms with Gasteiger partial charge in [-0.1, -0.05) is 18.2 Å². The normalized spacial score (nSPS) is 11.0. The van der Waals surface area contributed by atoms with Crippen molar-refractivity contribution in [2.24, 2.45) is 0 Å². The molecule has 0 unspecified atom stereocenters. The number of benzene rings is 2. The van der Waals surface area contributed by atoms with Gasteiger partial charge in [0.1, 0.15) is 5.75 Å². The maximum atomic E-state index is 12.1. The number of methoxy groups -OCH3 is 1. The molecule has 0 aromatic heterocycles. The highest BCUT2D eigenvalue weighted by Gasteiger charge is 2.30. The fourth-order valence-electron chi connectivity index (χ4n) is 2.09. The Balaban J connectivity index is 1.88. The van der Waals surface area contributed by atoms with Crippen LogP contribution in [0.3, 0.4) is 0 Å². The number of ether oxygens (including phenoxy) is 2. The highest BCUT2D eigenvalue weighted by molar-refractivity contribution is 5.78. The molecular weight excluding hydrogens is 339 g/mol. The van der Waals surface area contributed by atoms with Crippen LogP contribution in [0.2, 0.25) is 0 Å². The Bertz CT molecular complexity index is 730. The number of nitrogens with one attached hydrogen (secondary N) is 1. The molecule has 5 nitrogen and oxygen atoms in total. The van der Waals surface area contributed by atoms with Gasteiger partial charge in [0.15, 0.2) is 11.5 Å². The summed E-state index contributed by atoms with van der Waals surface area (Å²) in [5.74, 6) is -0.338. The summed E-state index contributed by atoms with van der Waals surface area (Å²) in [6.07, 6.45) is -4.73. The minimum atomic E-state index is -4.75. The molecule has 0 aliphatic heterocycles. The van der Waals surface area contributed by atoms with Gasteiger partial charge >= 0.3 is 6.36 Å². The zero-order valence-corrected chi connectivity index (χ0v) is 13.3. The van der Waals surface area contributed by atoms with E-state index in [-0.39, 0.29) is 30.4 Å². The number of aromatic hydroxyl groups is 1. The van der Waals surface area contributed by atoms with E-state index in [2.05, 4.69) is 10.1 Å². The Morgan fingerprint density at radius 2 is 1.76 bits per heavy atom. The molecule has 1 amide bonds. The number of carbonyl (C=O) groups excluding carboxylic acids is 1. The van der Waals surface area contributed by atoms with Crippen LogP contribution >= 0.6 is 0 Å². The average molecular weight is 355 g/mol. The number of hydrogen-bond acceptors (Lipinski definition) is 4. The molecule has 2 aromatic carbocycles. The van der Waals surface area contributed by atoms with Crippen LogP contribution in [-0.2, 0) is 17.8 Å². The van der Waals surface area contributed by atoms with Gasteiger partial charge in [0.2, 0.25) is 5.91 Å². The Morgan fingerprint density at radius 3 is 2.36 bits per heavy atom. The molecule has 0 heterocycles. The van der Waals surface area contributed by atoms with Crippen molar-refractivity contribution in [3.8, 4) is 17.2 Å². The second kappa shape index (κ2) is 7.78. The lowest BCUT2D eigenvalue weighted by molar-refractivity contribution is -0.274. The van der Waals surface area contributed by atoms with Crippen molar-refractivity contribution in [1.29, 1.82) is 0 Å². The minimum Gasteiger partial charge on any atom is -0.504 e. The van der Waals surface area contributed by atoms with E-state index < -0.39 is 6.36 Å². The average Bonchev–Trinajstić information content (AvgIpc) is 2.54. The van der Waals surface area contributed by atoms with Crippen LogP contribution in [0.4, 0.5) is 13.2 Å². The van der Waals surface area contributed by atoms with Gasteiger partial charge in [-0.15, -0.1) is 13.2 Å². The monoisotopic (exact) mass is 355 g/mol. The number of amides is 1. The third-order valence-electron chi connectivity index (χ3n) is 3.26. The van der Waals surface area contributed by atoms with E-state index >= 15 is 0 Å². The number of halogens is 3. The molecule has 0 atom stereocenters. The zero-order chi connectivity index (χ0) is 18.4. The van der Waals surface area contributed by atoms with Crippen molar-refractivity contribution >= 4 is 5.91 Å². The van der Waals surface area contributed by atoms with Crippen LogP contribution in [0.15, 0.2) is 42.5 Å². The van der Waals surface area contributed by atoms with E-state index in [9.17, 15) is 23.1 Å². The summed E-state index contributed by atoms with van der Waals surface area (Å²) in [4.78, 5) is 11.9. The molecule has 25 heavy (non-hydrogen) atoms. The van der Waals surface area contributed by atoms with Gasteiger partial charge in [-0.2, -0.15) is 0 Å². The van der Waals surface area contributed by atoms with Crippen LogP contribution in [0.1, 0.15) is 11.1 Å². The Hall–Kier alpha value is -2.90. The smallest absolute Gasteiger partial charge is 0.504 e. The van der Waals surface area contributed by atoms with E-state index in [0.717, 1.165) is 17.7 Å². The van der Waals surface area contributed by atoms with E-state index in [1.165, 1.54) is 25.3 Å². The van der Waals surface area contributed by atoms with Gasteiger partial charge < -0.3 is 19.9 Å². The number of hydrogen-bond donors (Lipinski definition) is 2. The van der Waals surface area contributed by atoms with Gasteiger partial charge in [-0.25, -0.2) is 0 Å². The summed E-state index contributed by atoms with van der Waals surface area (Å²) in [6.45, 7) is 0.227. The molecule has 2 rings (SSSR count). The number of carbonyl (C=O) groups is 1. The van der Waals surface area contributed by atoms with Crippen molar-refractivity contribution in [3.63, 3.8) is 0 Å². The van der Waals surface area contributed by atoms with Gasteiger partial charge in [0.25, 0.3) is 0 Å². The lowest BCUT2D eigenvalue weighted by atomic mass is 10.1. The van der Waals surface area contributed by atoms with Crippen LogP contribution < -0.4 is 14.8 Å². The maximum absolute atomic E-state index is 12.1. The molecule has 0 radical (unpaired) electrons. The van der Waals surface area contributed by atoms with Crippen LogP contribution in [0.5, 0.6) is 17.2 Å². The van der Waals surface area contributed by atoms with Crippen molar-refractivity contribution in [1.82, 2.24) is 5.32 Å². The molecule has 0 saturated heterocycles. The molecule has 0 bridgehead atoms. The third-order valence-corrected chi connectivity index (χ3v) is 3.26. The Labute approximate surface area is 142 Å². The SMILES string of the molecule is COc1cc(CNC(=O)Cc2ccc(OC(F)(F)F)cc2)ccc1O. The second-order valence-corrected chi connectivity index (χ2v) is 5.15. The highest BCUT2D eigenvalue weighted by Crippen LogP contribution is 2.26. The topological polar surface area (TPSA) is 67.8 Å². The van der Waals surface area contributed by atoms with Gasteiger partial charge in [0.05, 0.1) is 13.5 Å². The van der Waals surface area contributed by atoms with E-state index in [1.807, 2.05) is 0 Å². The van der Waals surface area contributed by atoms with Gasteiger partial charge in [-0.05, 0) is 35.4 Å². The molecular formula is C17H16F3NO4.